The molecule has 0 spiro atoms. The van der Waals surface area contributed by atoms with Crippen LogP contribution in [0.3, 0.4) is 0 Å². The van der Waals surface area contributed by atoms with Gasteiger partial charge in [0, 0.05) is 6.42 Å². The van der Waals surface area contributed by atoms with Crippen molar-refractivity contribution in [3.63, 3.8) is 0 Å². The Morgan fingerprint density at radius 1 is 0.865 bits per heavy atom. The van der Waals surface area contributed by atoms with Crippen molar-refractivity contribution >= 4 is 18.1 Å². The quantitative estimate of drug-likeness (QED) is 0.168. The Morgan fingerprint density at radius 3 is 2.19 bits per heavy atom. The van der Waals surface area contributed by atoms with E-state index in [-0.39, 0.29) is 17.2 Å². The van der Waals surface area contributed by atoms with Crippen LogP contribution in [0.4, 0.5) is 0 Å². The van der Waals surface area contributed by atoms with Crippen molar-refractivity contribution in [3.05, 3.63) is 77.4 Å². The van der Waals surface area contributed by atoms with E-state index < -0.39 is 5.97 Å². The molecular formula is C28H30N2O7. The molecule has 0 saturated heterocycles. The summed E-state index contributed by atoms with van der Waals surface area (Å²) in [5, 5.41) is 4.02. The molecule has 0 aliphatic rings. The van der Waals surface area contributed by atoms with Crippen LogP contribution in [0.2, 0.25) is 0 Å². The Balaban J connectivity index is 1.68. The number of aryl methyl sites for hydroxylation is 1. The number of benzene rings is 3. The van der Waals surface area contributed by atoms with E-state index in [2.05, 4.69) is 10.5 Å². The summed E-state index contributed by atoms with van der Waals surface area (Å²) in [6, 6.07) is 17.7. The molecule has 0 radical (unpaired) electrons. The van der Waals surface area contributed by atoms with Gasteiger partial charge < -0.3 is 23.7 Å². The predicted molar refractivity (Wildman–Crippen MR) is 139 cm³/mol. The summed E-state index contributed by atoms with van der Waals surface area (Å²) in [5.41, 5.74) is 4.47. The Labute approximate surface area is 216 Å². The lowest BCUT2D eigenvalue weighted by atomic mass is 10.1. The average molecular weight is 507 g/mol. The van der Waals surface area contributed by atoms with Crippen LogP contribution >= 0.6 is 0 Å². The molecule has 0 aliphatic heterocycles. The van der Waals surface area contributed by atoms with E-state index in [0.29, 0.717) is 48.0 Å². The van der Waals surface area contributed by atoms with Crippen LogP contribution in [0.1, 0.15) is 34.8 Å². The minimum atomic E-state index is -0.632. The van der Waals surface area contributed by atoms with E-state index >= 15 is 0 Å². The molecule has 194 valence electrons. The van der Waals surface area contributed by atoms with Gasteiger partial charge in [-0.2, -0.15) is 5.10 Å². The Bertz CT molecular complexity index is 1220. The number of amides is 1. The maximum absolute atomic E-state index is 12.9. The van der Waals surface area contributed by atoms with Crippen molar-refractivity contribution < 1.29 is 33.3 Å². The highest BCUT2D eigenvalue weighted by atomic mass is 16.6. The number of ether oxygens (including phenoxy) is 5. The van der Waals surface area contributed by atoms with E-state index in [1.54, 1.807) is 18.2 Å². The van der Waals surface area contributed by atoms with E-state index in [1.807, 2.05) is 37.3 Å². The summed E-state index contributed by atoms with van der Waals surface area (Å²) < 4.78 is 27.2. The molecular weight excluding hydrogens is 476 g/mol. The number of nitrogens with one attached hydrogen (secondary N) is 1. The molecule has 0 aromatic heterocycles. The molecule has 0 atom stereocenters. The molecule has 37 heavy (non-hydrogen) atoms. The number of hydrogen-bond donors (Lipinski definition) is 1. The van der Waals surface area contributed by atoms with Gasteiger partial charge in [-0.05, 0) is 54.8 Å². The standard InChI is InChI=1S/C28H30N2O7/c1-5-36-23-15-20(18-29-30-26(31)14-12-19-9-7-6-8-10-19)11-13-22(23)37-28(32)21-16-24(33-2)27(35-4)25(17-21)34-3/h6-11,13,15-18H,5,12,14H2,1-4H3,(H,30,31)/b29-18+. The molecule has 0 unspecified atom stereocenters. The summed E-state index contributed by atoms with van der Waals surface area (Å²) in [4.78, 5) is 25.0. The zero-order chi connectivity index (χ0) is 26.6. The van der Waals surface area contributed by atoms with Gasteiger partial charge in [-0.3, -0.25) is 4.79 Å². The van der Waals surface area contributed by atoms with Crippen LogP contribution < -0.4 is 29.1 Å². The van der Waals surface area contributed by atoms with Gasteiger partial charge in [-0.25, -0.2) is 10.2 Å². The van der Waals surface area contributed by atoms with Crippen molar-refractivity contribution in [2.75, 3.05) is 27.9 Å². The second-order valence-corrected chi connectivity index (χ2v) is 7.72. The molecule has 0 heterocycles. The second-order valence-electron chi connectivity index (χ2n) is 7.72. The monoisotopic (exact) mass is 506 g/mol. The van der Waals surface area contributed by atoms with Crippen molar-refractivity contribution in [1.82, 2.24) is 5.43 Å². The third kappa shape index (κ3) is 7.47. The van der Waals surface area contributed by atoms with Crippen LogP contribution in [0.15, 0.2) is 65.8 Å². The fourth-order valence-electron chi connectivity index (χ4n) is 3.45. The van der Waals surface area contributed by atoms with E-state index in [4.69, 9.17) is 23.7 Å². The van der Waals surface area contributed by atoms with E-state index in [0.717, 1.165) is 5.56 Å². The first-order valence-electron chi connectivity index (χ1n) is 11.6. The van der Waals surface area contributed by atoms with E-state index in [1.165, 1.54) is 39.7 Å². The van der Waals surface area contributed by atoms with Crippen molar-refractivity contribution in [3.8, 4) is 28.7 Å². The number of carbonyl (C=O) groups excluding carboxylic acids is 2. The number of methoxy groups -OCH3 is 3. The third-order valence-corrected chi connectivity index (χ3v) is 5.26. The third-order valence-electron chi connectivity index (χ3n) is 5.26. The van der Waals surface area contributed by atoms with Gasteiger partial charge in [0.05, 0.1) is 39.7 Å². The Morgan fingerprint density at radius 2 is 1.57 bits per heavy atom. The fourth-order valence-corrected chi connectivity index (χ4v) is 3.45. The number of nitrogens with zero attached hydrogens (tertiary/aromatic N) is 1. The minimum Gasteiger partial charge on any atom is -0.493 e. The van der Waals surface area contributed by atoms with Crippen molar-refractivity contribution in [2.45, 2.75) is 19.8 Å². The zero-order valence-corrected chi connectivity index (χ0v) is 21.3. The molecule has 1 amide bonds. The lowest BCUT2D eigenvalue weighted by Crippen LogP contribution is -2.17. The smallest absolute Gasteiger partial charge is 0.343 e. The van der Waals surface area contributed by atoms with Crippen LogP contribution in [0.5, 0.6) is 28.7 Å². The summed E-state index contributed by atoms with van der Waals surface area (Å²) in [5.74, 6) is 0.778. The lowest BCUT2D eigenvalue weighted by molar-refractivity contribution is -0.121. The SMILES string of the molecule is CCOc1cc(/C=N/NC(=O)CCc2ccccc2)ccc1OC(=O)c1cc(OC)c(OC)c(OC)c1. The molecule has 9 heteroatoms. The lowest BCUT2D eigenvalue weighted by Gasteiger charge is -2.15. The summed E-state index contributed by atoms with van der Waals surface area (Å²) in [6.07, 6.45) is 2.44. The Hall–Kier alpha value is -4.53. The molecule has 3 rings (SSSR count). The highest BCUT2D eigenvalue weighted by Crippen LogP contribution is 2.38. The molecule has 1 N–H and O–H groups in total. The molecule has 0 fully saturated rings. The fraction of sp³-hybridized carbons (Fsp3) is 0.250. The highest BCUT2D eigenvalue weighted by molar-refractivity contribution is 5.93. The number of hydrogen-bond acceptors (Lipinski definition) is 8. The number of carbonyl (C=O) groups is 2. The first kappa shape index (κ1) is 27.1. The van der Waals surface area contributed by atoms with Gasteiger partial charge in [0.15, 0.2) is 23.0 Å². The normalized spacial score (nSPS) is 10.6. The topological polar surface area (TPSA) is 105 Å². The first-order chi connectivity index (χ1) is 18.0. The van der Waals surface area contributed by atoms with Crippen LogP contribution in [0, 0.1) is 0 Å². The molecule has 0 saturated carbocycles. The van der Waals surface area contributed by atoms with Gasteiger partial charge in [0.2, 0.25) is 11.7 Å². The molecule has 0 bridgehead atoms. The summed E-state index contributed by atoms with van der Waals surface area (Å²) in [6.45, 7) is 2.17. The molecule has 0 aliphatic carbocycles. The Kier molecular flexibility index (Phi) is 9.90. The minimum absolute atomic E-state index is 0.193. The van der Waals surface area contributed by atoms with Gasteiger partial charge in [0.1, 0.15) is 0 Å². The molecule has 9 nitrogen and oxygen atoms in total. The maximum Gasteiger partial charge on any atom is 0.343 e. The van der Waals surface area contributed by atoms with E-state index in [9.17, 15) is 9.59 Å². The maximum atomic E-state index is 12.9. The molecule has 3 aromatic rings. The largest absolute Gasteiger partial charge is 0.493 e. The summed E-state index contributed by atoms with van der Waals surface area (Å²) >= 11 is 0. The van der Waals surface area contributed by atoms with Gasteiger partial charge in [-0.1, -0.05) is 30.3 Å². The predicted octanol–water partition coefficient (Wildman–Crippen LogP) is 4.41. The highest BCUT2D eigenvalue weighted by Gasteiger charge is 2.20. The number of rotatable bonds is 12. The second kappa shape index (κ2) is 13.5. The van der Waals surface area contributed by atoms with Gasteiger partial charge in [-0.15, -0.1) is 0 Å². The molecule has 3 aromatic carbocycles. The number of esters is 1. The van der Waals surface area contributed by atoms with Crippen molar-refractivity contribution in [1.29, 1.82) is 0 Å². The summed E-state index contributed by atoms with van der Waals surface area (Å²) in [7, 11) is 4.41. The van der Waals surface area contributed by atoms with Crippen molar-refractivity contribution in [2.24, 2.45) is 5.10 Å². The van der Waals surface area contributed by atoms with Crippen LogP contribution in [-0.2, 0) is 11.2 Å². The van der Waals surface area contributed by atoms with Crippen LogP contribution in [-0.4, -0.2) is 46.0 Å². The number of hydrazone groups is 1. The average Bonchev–Trinajstić information content (AvgIpc) is 2.93. The van der Waals surface area contributed by atoms with Crippen LogP contribution in [0.25, 0.3) is 0 Å². The zero-order valence-electron chi connectivity index (χ0n) is 21.3. The van der Waals surface area contributed by atoms with Gasteiger partial charge >= 0.3 is 5.97 Å². The van der Waals surface area contributed by atoms with Gasteiger partial charge in [0.25, 0.3) is 0 Å². The first-order valence-corrected chi connectivity index (χ1v) is 11.6.